The van der Waals surface area contributed by atoms with Crippen molar-refractivity contribution in [2.45, 2.75) is 66.2 Å². The number of aliphatic hydroxyl groups excluding tert-OH is 1. The number of ether oxygens (including phenoxy) is 2. The number of esters is 1. The molecule has 1 N–H and O–H groups in total. The molecule has 1 atom stereocenters. The Morgan fingerprint density at radius 3 is 2.54 bits per heavy atom. The van der Waals surface area contributed by atoms with E-state index in [-0.39, 0.29) is 18.5 Å². The largest absolute Gasteiger partial charge is 0.469 e. The Kier molecular flexibility index (Phi) is 9.15. The molecule has 0 bridgehead atoms. The molecule has 1 aromatic heterocycles. The molecule has 7 nitrogen and oxygen atoms in total. The lowest BCUT2D eigenvalue weighted by molar-refractivity contribution is -0.151. The maximum Gasteiger partial charge on any atom is 0.312 e. The van der Waals surface area contributed by atoms with Crippen LogP contribution in [0.1, 0.15) is 66.0 Å². The summed E-state index contributed by atoms with van der Waals surface area (Å²) in [6.45, 7) is 9.83. The standard InChI is InChI=1S/C32H39N3O4/c1-22-13-14-25(19-26(22)20-36)29(32(3,4)31(37)38-5)27-15-16-28-30(23(27)2)33-34-35(28)17-9-10-18-39-21-24-11-7-6-8-12-24/h6-8,11-16,19,29,36H,9-10,17-18,20-21H2,1-5H3. The minimum absolute atomic E-state index is 0.0608. The average Bonchev–Trinajstić information content (AvgIpc) is 3.36. The monoisotopic (exact) mass is 529 g/mol. The predicted molar refractivity (Wildman–Crippen MR) is 152 cm³/mol. The van der Waals surface area contributed by atoms with E-state index < -0.39 is 5.41 Å². The van der Waals surface area contributed by atoms with Gasteiger partial charge in [-0.1, -0.05) is 59.8 Å². The quantitative estimate of drug-likeness (QED) is 0.183. The molecule has 3 aromatic carbocycles. The molecule has 206 valence electrons. The van der Waals surface area contributed by atoms with E-state index in [1.54, 1.807) is 0 Å². The van der Waals surface area contributed by atoms with Crippen molar-refractivity contribution in [3.05, 3.63) is 94.0 Å². The molecule has 1 heterocycles. The summed E-state index contributed by atoms with van der Waals surface area (Å²) < 4.78 is 13.0. The van der Waals surface area contributed by atoms with Crippen LogP contribution in [0.5, 0.6) is 0 Å². The van der Waals surface area contributed by atoms with Gasteiger partial charge in [-0.05, 0) is 80.0 Å². The first-order valence-corrected chi connectivity index (χ1v) is 13.5. The Balaban J connectivity index is 1.55. The zero-order valence-electron chi connectivity index (χ0n) is 23.6. The molecule has 4 rings (SSSR count). The van der Waals surface area contributed by atoms with Crippen LogP contribution in [0.15, 0.2) is 60.7 Å². The number of aromatic nitrogens is 3. The van der Waals surface area contributed by atoms with Gasteiger partial charge in [-0.15, -0.1) is 5.10 Å². The number of unbranched alkanes of at least 4 members (excludes halogenated alkanes) is 1. The van der Waals surface area contributed by atoms with Gasteiger partial charge in [-0.2, -0.15) is 0 Å². The number of hydrogen-bond donors (Lipinski definition) is 1. The molecule has 4 aromatic rings. The van der Waals surface area contributed by atoms with Gasteiger partial charge in [0, 0.05) is 19.1 Å². The van der Waals surface area contributed by atoms with Crippen molar-refractivity contribution in [1.82, 2.24) is 15.0 Å². The number of carbonyl (C=O) groups is 1. The van der Waals surface area contributed by atoms with Crippen LogP contribution in [-0.4, -0.2) is 39.8 Å². The van der Waals surface area contributed by atoms with Crippen LogP contribution < -0.4 is 0 Å². The van der Waals surface area contributed by atoms with Gasteiger partial charge in [0.2, 0.25) is 0 Å². The first kappa shape index (κ1) is 28.5. The maximum absolute atomic E-state index is 13.0. The van der Waals surface area contributed by atoms with Crippen LogP contribution in [0.4, 0.5) is 0 Å². The third-order valence-electron chi connectivity index (χ3n) is 7.62. The molecule has 39 heavy (non-hydrogen) atoms. The fraction of sp³-hybridized carbons (Fsp3) is 0.406. The second-order valence-corrected chi connectivity index (χ2v) is 10.7. The molecule has 0 aliphatic heterocycles. The highest BCUT2D eigenvalue weighted by molar-refractivity contribution is 5.82. The van der Waals surface area contributed by atoms with E-state index in [1.807, 2.05) is 74.8 Å². The number of nitrogens with zero attached hydrogens (tertiary/aromatic N) is 3. The van der Waals surface area contributed by atoms with Crippen molar-refractivity contribution < 1.29 is 19.4 Å². The van der Waals surface area contributed by atoms with Gasteiger partial charge in [0.15, 0.2) is 0 Å². The lowest BCUT2D eigenvalue weighted by Gasteiger charge is -2.34. The van der Waals surface area contributed by atoms with Gasteiger partial charge in [0.05, 0.1) is 31.3 Å². The Morgan fingerprint density at radius 2 is 1.82 bits per heavy atom. The number of rotatable bonds is 12. The first-order chi connectivity index (χ1) is 18.8. The minimum Gasteiger partial charge on any atom is -0.469 e. The van der Waals surface area contributed by atoms with E-state index >= 15 is 0 Å². The van der Waals surface area contributed by atoms with Crippen molar-refractivity contribution in [2.24, 2.45) is 5.41 Å². The smallest absolute Gasteiger partial charge is 0.312 e. The predicted octanol–water partition coefficient (Wildman–Crippen LogP) is 5.87. The van der Waals surface area contributed by atoms with Crippen molar-refractivity contribution in [2.75, 3.05) is 13.7 Å². The van der Waals surface area contributed by atoms with Crippen LogP contribution in [0.25, 0.3) is 11.0 Å². The molecule has 0 amide bonds. The van der Waals surface area contributed by atoms with Crippen LogP contribution in [0, 0.1) is 19.3 Å². The summed E-state index contributed by atoms with van der Waals surface area (Å²) in [5.41, 5.74) is 6.90. The van der Waals surface area contributed by atoms with E-state index in [0.717, 1.165) is 58.2 Å². The molecule has 0 radical (unpaired) electrons. The van der Waals surface area contributed by atoms with Crippen LogP contribution in [-0.2, 0) is 34.0 Å². The summed E-state index contributed by atoms with van der Waals surface area (Å²) in [4.78, 5) is 13.0. The lowest BCUT2D eigenvalue weighted by Crippen LogP contribution is -2.34. The van der Waals surface area contributed by atoms with Crippen LogP contribution in [0.2, 0.25) is 0 Å². The molecule has 7 heteroatoms. The van der Waals surface area contributed by atoms with E-state index in [1.165, 1.54) is 12.7 Å². The number of hydrogen-bond acceptors (Lipinski definition) is 6. The molecule has 0 fully saturated rings. The van der Waals surface area contributed by atoms with Gasteiger partial charge in [0.1, 0.15) is 5.52 Å². The molecule has 0 aliphatic carbocycles. The number of benzene rings is 3. The number of carbonyl (C=O) groups excluding carboxylic acids is 1. The molecule has 0 spiro atoms. The molecular weight excluding hydrogens is 490 g/mol. The average molecular weight is 530 g/mol. The Bertz CT molecular complexity index is 1410. The van der Waals surface area contributed by atoms with Crippen molar-refractivity contribution >= 4 is 17.0 Å². The number of aryl methyl sites for hydroxylation is 3. The summed E-state index contributed by atoms with van der Waals surface area (Å²) in [5, 5.41) is 18.9. The highest BCUT2D eigenvalue weighted by Gasteiger charge is 2.41. The summed E-state index contributed by atoms with van der Waals surface area (Å²) >= 11 is 0. The number of aliphatic hydroxyl groups is 1. The van der Waals surface area contributed by atoms with E-state index in [9.17, 15) is 9.90 Å². The van der Waals surface area contributed by atoms with Gasteiger partial charge < -0.3 is 14.6 Å². The minimum atomic E-state index is -0.856. The highest BCUT2D eigenvalue weighted by atomic mass is 16.5. The Morgan fingerprint density at radius 1 is 1.05 bits per heavy atom. The maximum atomic E-state index is 13.0. The van der Waals surface area contributed by atoms with Gasteiger partial charge in [-0.3, -0.25) is 4.79 Å². The molecular formula is C32H39N3O4. The Labute approximate surface area is 230 Å². The molecule has 0 aliphatic rings. The fourth-order valence-corrected chi connectivity index (χ4v) is 5.30. The van der Waals surface area contributed by atoms with Gasteiger partial charge in [0.25, 0.3) is 0 Å². The Hall–Kier alpha value is -3.55. The second kappa shape index (κ2) is 12.5. The van der Waals surface area contributed by atoms with Crippen molar-refractivity contribution in [3.8, 4) is 0 Å². The molecule has 1 unspecified atom stereocenters. The highest BCUT2D eigenvalue weighted by Crippen LogP contribution is 2.44. The summed E-state index contributed by atoms with van der Waals surface area (Å²) in [6, 6.07) is 20.3. The van der Waals surface area contributed by atoms with E-state index in [4.69, 9.17) is 9.47 Å². The third-order valence-corrected chi connectivity index (χ3v) is 7.62. The zero-order valence-corrected chi connectivity index (χ0v) is 23.6. The van der Waals surface area contributed by atoms with Crippen molar-refractivity contribution in [3.63, 3.8) is 0 Å². The number of methoxy groups -OCH3 is 1. The molecule has 0 saturated carbocycles. The van der Waals surface area contributed by atoms with Crippen molar-refractivity contribution in [1.29, 1.82) is 0 Å². The third kappa shape index (κ3) is 6.21. The van der Waals surface area contributed by atoms with Crippen LogP contribution in [0.3, 0.4) is 0 Å². The lowest BCUT2D eigenvalue weighted by atomic mass is 9.69. The van der Waals surface area contributed by atoms with Crippen LogP contribution >= 0.6 is 0 Å². The van der Waals surface area contributed by atoms with E-state index in [2.05, 4.69) is 28.5 Å². The zero-order chi connectivity index (χ0) is 28.0. The summed E-state index contributed by atoms with van der Waals surface area (Å²) in [7, 11) is 1.42. The first-order valence-electron chi connectivity index (χ1n) is 13.5. The van der Waals surface area contributed by atoms with Gasteiger partial charge >= 0.3 is 5.97 Å². The second-order valence-electron chi connectivity index (χ2n) is 10.7. The number of fused-ring (bicyclic) bond motifs is 1. The topological polar surface area (TPSA) is 86.5 Å². The summed E-state index contributed by atoms with van der Waals surface area (Å²) in [5.74, 6) is -0.594. The summed E-state index contributed by atoms with van der Waals surface area (Å²) in [6.07, 6.45) is 1.86. The van der Waals surface area contributed by atoms with E-state index in [0.29, 0.717) is 13.2 Å². The van der Waals surface area contributed by atoms with Gasteiger partial charge in [-0.25, -0.2) is 4.68 Å². The fourth-order valence-electron chi connectivity index (χ4n) is 5.30. The molecule has 0 saturated heterocycles. The SMILES string of the molecule is COC(=O)C(C)(C)C(c1ccc(C)c(CO)c1)c1ccc2c(nnn2CCCCOCc2ccccc2)c1C. The normalized spacial score (nSPS) is 12.6.